The summed E-state index contributed by atoms with van der Waals surface area (Å²) in [7, 11) is -3.73. The first-order chi connectivity index (χ1) is 15.2. The quantitative estimate of drug-likeness (QED) is 0.287. The maximum atomic E-state index is 11.8. The van der Waals surface area contributed by atoms with Gasteiger partial charge in [0, 0.05) is 0 Å². The van der Waals surface area contributed by atoms with Crippen molar-refractivity contribution in [2.45, 2.75) is 45.3 Å². The lowest BCUT2D eigenvalue weighted by Crippen LogP contribution is -2.34. The number of fused-ring (bicyclic) bond motifs is 1. The number of nitrogens with two attached hydrogens (primary N) is 1. The Bertz CT molecular complexity index is 1000. The molecule has 0 amide bonds. The number of H-pyrrole nitrogens is 1. The van der Waals surface area contributed by atoms with Gasteiger partial charge < -0.3 is 34.5 Å². The maximum absolute atomic E-state index is 11.8. The van der Waals surface area contributed by atoms with Gasteiger partial charge in [-0.15, -0.1) is 0 Å². The molecule has 4 atom stereocenters. The first-order valence-electron chi connectivity index (χ1n) is 10.2. The van der Waals surface area contributed by atoms with E-state index in [1.165, 1.54) is 30.5 Å². The van der Waals surface area contributed by atoms with Crippen molar-refractivity contribution in [3.63, 3.8) is 0 Å². The number of nitrogens with zero attached hydrogens (tertiary/aromatic N) is 4. The molecule has 14 nitrogen and oxygen atoms in total. The van der Waals surface area contributed by atoms with Crippen LogP contribution >= 0.6 is 7.82 Å². The van der Waals surface area contributed by atoms with Gasteiger partial charge in [0.1, 0.15) is 18.3 Å². The molecule has 16 heteroatoms. The number of rotatable bonds is 7. The summed E-state index contributed by atoms with van der Waals surface area (Å²) in [5.41, 5.74) is 5.05. The molecule has 4 rings (SSSR count). The first kappa shape index (κ1) is 24.8. The number of aliphatic hydroxyl groups excluding tert-OH is 2. The molecular weight excluding hydrogens is 446 g/mol. The molecule has 2 aliphatic rings. The van der Waals surface area contributed by atoms with Crippen LogP contribution in [-0.2, 0) is 22.7 Å². The Hall–Kier alpha value is -1.84. The summed E-state index contributed by atoms with van der Waals surface area (Å²) in [6.45, 7) is 9.79. The van der Waals surface area contributed by atoms with Crippen LogP contribution in [-0.4, -0.2) is 86.9 Å². The third-order valence-electron chi connectivity index (χ3n) is 5.22. The van der Waals surface area contributed by atoms with Crippen molar-refractivity contribution in [2.75, 3.05) is 32.0 Å². The minimum absolute atomic E-state index is 0.0000974. The molecular formula is C16H28BN6O8P. The van der Waals surface area contributed by atoms with Crippen molar-refractivity contribution >= 4 is 32.6 Å². The van der Waals surface area contributed by atoms with Gasteiger partial charge in [-0.05, 0) is 19.6 Å². The van der Waals surface area contributed by atoms with Gasteiger partial charge in [-0.1, -0.05) is 20.8 Å². The van der Waals surface area contributed by atoms with Crippen LogP contribution in [0.3, 0.4) is 0 Å². The van der Waals surface area contributed by atoms with E-state index in [-0.39, 0.29) is 31.4 Å². The highest BCUT2D eigenvalue weighted by molar-refractivity contribution is 7.53. The zero-order valence-corrected chi connectivity index (χ0v) is 19.0. The van der Waals surface area contributed by atoms with Crippen molar-refractivity contribution in [2.24, 2.45) is 0 Å². The molecule has 2 fully saturated rings. The fourth-order valence-corrected chi connectivity index (χ4v) is 4.03. The second kappa shape index (κ2) is 10.4. The third-order valence-corrected chi connectivity index (χ3v) is 6.53. The molecule has 0 bridgehead atoms. The first-order valence-corrected chi connectivity index (χ1v) is 11.7. The van der Waals surface area contributed by atoms with Crippen LogP contribution in [0.5, 0.6) is 0 Å². The molecule has 2 aromatic rings. The van der Waals surface area contributed by atoms with Gasteiger partial charge in [0.2, 0.25) is 5.95 Å². The Balaban J connectivity index is 0.000000360. The number of anilines is 1. The maximum Gasteiger partial charge on any atom is 0.456 e. The average molecular weight is 474 g/mol. The molecule has 0 aliphatic carbocycles. The molecule has 4 heterocycles. The van der Waals surface area contributed by atoms with Gasteiger partial charge >= 0.3 is 15.5 Å². The monoisotopic (exact) mass is 474 g/mol. The highest BCUT2D eigenvalue weighted by Gasteiger charge is 2.46. The standard InChI is InChI=1S/C10H13BN5O8P.C6H15N/c12-10-14-7-4(8(19)15-10)13-2-16(7)9-6(18)5(17)3(22-9)1-21-25(20)23-11-24-25;1-4-7(5-2)6-3/h2-3,5-6,9,11,17-18H,1H2,(H3,12,14,15,19);4-6H2,1-3H3/t3-,5-,6-,9-;/m1./s1. The van der Waals surface area contributed by atoms with Crippen LogP contribution in [0.15, 0.2) is 11.1 Å². The van der Waals surface area contributed by atoms with Gasteiger partial charge in [-0.3, -0.25) is 18.9 Å². The molecule has 0 saturated carbocycles. The van der Waals surface area contributed by atoms with Gasteiger partial charge in [0.05, 0.1) is 12.9 Å². The van der Waals surface area contributed by atoms with Crippen LogP contribution in [0.2, 0.25) is 0 Å². The SMILES string of the molecule is CCN(CC)CC.Nc1nc2c(ncn2[C@@H]2O[C@H](COP3(=O)OBO3)[C@@H](O)[C@H]2O)c(=O)[nH]1. The van der Waals surface area contributed by atoms with Gasteiger partial charge in [0.15, 0.2) is 17.4 Å². The smallest absolute Gasteiger partial charge is 0.387 e. The Kier molecular flexibility index (Phi) is 8.06. The summed E-state index contributed by atoms with van der Waals surface area (Å²) >= 11 is 0. The molecule has 0 unspecified atom stereocenters. The number of nitrogen functional groups attached to an aromatic ring is 1. The van der Waals surface area contributed by atoms with E-state index in [4.69, 9.17) is 15.0 Å². The number of phosphoric acid groups is 1. The molecule has 2 saturated heterocycles. The lowest BCUT2D eigenvalue weighted by Gasteiger charge is -2.26. The van der Waals surface area contributed by atoms with Crippen LogP contribution in [0, 0.1) is 0 Å². The minimum Gasteiger partial charge on any atom is -0.387 e. The van der Waals surface area contributed by atoms with Crippen molar-refractivity contribution in [3.05, 3.63) is 16.7 Å². The van der Waals surface area contributed by atoms with E-state index in [1.54, 1.807) is 0 Å². The van der Waals surface area contributed by atoms with Gasteiger partial charge in [0.25, 0.3) is 5.56 Å². The zero-order valence-electron chi connectivity index (χ0n) is 18.1. The Morgan fingerprint density at radius 2 is 1.94 bits per heavy atom. The Morgan fingerprint density at radius 1 is 1.28 bits per heavy atom. The number of nitrogens with one attached hydrogen (secondary N) is 1. The summed E-state index contributed by atoms with van der Waals surface area (Å²) in [4.78, 5) is 24.4. The predicted molar refractivity (Wildman–Crippen MR) is 115 cm³/mol. The van der Waals surface area contributed by atoms with E-state index < -0.39 is 37.9 Å². The number of ether oxygens (including phenoxy) is 1. The molecule has 0 spiro atoms. The highest BCUT2D eigenvalue weighted by atomic mass is 31.2. The van der Waals surface area contributed by atoms with Crippen LogP contribution in [0.4, 0.5) is 5.95 Å². The van der Waals surface area contributed by atoms with E-state index in [1.807, 2.05) is 0 Å². The lowest BCUT2D eigenvalue weighted by molar-refractivity contribution is -0.0512. The summed E-state index contributed by atoms with van der Waals surface area (Å²) in [5.74, 6) is -0.135. The molecule has 0 aromatic carbocycles. The van der Waals surface area contributed by atoms with Gasteiger partial charge in [-0.25, -0.2) is 9.55 Å². The van der Waals surface area contributed by atoms with E-state index in [0.29, 0.717) is 0 Å². The van der Waals surface area contributed by atoms with Crippen LogP contribution in [0.1, 0.15) is 27.0 Å². The van der Waals surface area contributed by atoms with Gasteiger partial charge in [-0.2, -0.15) is 4.98 Å². The van der Waals surface area contributed by atoms with Crippen LogP contribution < -0.4 is 11.3 Å². The highest BCUT2D eigenvalue weighted by Crippen LogP contribution is 2.55. The average Bonchev–Trinajstić information content (AvgIpc) is 3.28. The molecule has 0 radical (unpaired) electrons. The molecule has 2 aliphatic heterocycles. The Morgan fingerprint density at radius 3 is 2.47 bits per heavy atom. The summed E-state index contributed by atoms with van der Waals surface area (Å²) in [6, 6.07) is 0. The molecule has 2 aromatic heterocycles. The second-order valence-electron chi connectivity index (χ2n) is 7.06. The lowest BCUT2D eigenvalue weighted by atomic mass is 10.1. The topological polar surface area (TPSA) is 187 Å². The third kappa shape index (κ3) is 5.21. The van der Waals surface area contributed by atoms with Crippen molar-refractivity contribution < 1.29 is 32.9 Å². The second-order valence-corrected chi connectivity index (χ2v) is 8.73. The Labute approximate surface area is 184 Å². The van der Waals surface area contributed by atoms with Crippen molar-refractivity contribution in [3.8, 4) is 0 Å². The van der Waals surface area contributed by atoms with Crippen molar-refractivity contribution in [1.82, 2.24) is 24.4 Å². The minimum atomic E-state index is -3.59. The summed E-state index contributed by atoms with van der Waals surface area (Å²) < 4.78 is 32.7. The zero-order chi connectivity index (χ0) is 23.5. The number of imidazole rings is 1. The normalized spacial score (nSPS) is 26.4. The number of hydrogen-bond donors (Lipinski definition) is 4. The predicted octanol–water partition coefficient (Wildman–Crippen LogP) is -0.893. The largest absolute Gasteiger partial charge is 0.456 e. The fraction of sp³-hybridized carbons (Fsp3) is 0.688. The number of hydrogen-bond acceptors (Lipinski definition) is 12. The summed E-state index contributed by atoms with van der Waals surface area (Å²) in [6.07, 6.45) is -3.62. The molecule has 178 valence electrons. The number of aromatic amines is 1. The van der Waals surface area contributed by atoms with E-state index >= 15 is 0 Å². The fourth-order valence-electron chi connectivity index (χ4n) is 3.27. The van der Waals surface area contributed by atoms with Crippen LogP contribution in [0.25, 0.3) is 11.2 Å². The number of aromatic nitrogens is 4. The molecule has 32 heavy (non-hydrogen) atoms. The van der Waals surface area contributed by atoms with E-state index in [0.717, 1.165) is 0 Å². The molecule has 5 N–H and O–H groups in total. The van der Waals surface area contributed by atoms with E-state index in [9.17, 15) is 19.6 Å². The summed E-state index contributed by atoms with van der Waals surface area (Å²) in [5, 5.41) is 20.4. The van der Waals surface area contributed by atoms with Crippen molar-refractivity contribution in [1.29, 1.82) is 0 Å². The van der Waals surface area contributed by atoms with E-state index in [2.05, 4.69) is 49.5 Å². The number of aliphatic hydroxyl groups is 2.